The number of benzene rings is 4. The Morgan fingerprint density at radius 2 is 1.61 bits per heavy atom. The molecule has 0 saturated heterocycles. The number of nitrogens with zero attached hydrogens (tertiary/aromatic N) is 5. The van der Waals surface area contributed by atoms with E-state index in [9.17, 15) is 47.6 Å². The number of anilines is 1. The zero-order valence-electron chi connectivity index (χ0n) is 39.5. The average molecular weight is 980 g/mol. The lowest BCUT2D eigenvalue weighted by Gasteiger charge is -2.29. The van der Waals surface area contributed by atoms with Crippen molar-refractivity contribution < 1.29 is 55.9 Å². The topological polar surface area (TPSA) is 259 Å². The van der Waals surface area contributed by atoms with Gasteiger partial charge in [-0.05, 0) is 56.7 Å². The Labute approximate surface area is 401 Å². The number of nitro groups is 2. The first kappa shape index (κ1) is 50.1. The third kappa shape index (κ3) is 9.88. The molecule has 7 rings (SSSR count). The van der Waals surface area contributed by atoms with Crippen LogP contribution in [0.2, 0.25) is 0 Å². The molecule has 0 saturated carbocycles. The summed E-state index contributed by atoms with van der Waals surface area (Å²) in [5.74, 6) is -2.30. The highest BCUT2D eigenvalue weighted by Gasteiger charge is 2.44. The maximum absolute atomic E-state index is 14.4. The number of likely N-dealkylation sites (N-methyl/N-ethyl adjacent to an activating group) is 1. The van der Waals surface area contributed by atoms with E-state index in [1.54, 1.807) is 12.2 Å². The molecule has 70 heavy (non-hydrogen) atoms. The fourth-order valence-corrected chi connectivity index (χ4v) is 9.75. The van der Waals surface area contributed by atoms with Gasteiger partial charge in [-0.3, -0.25) is 39.4 Å². The van der Waals surface area contributed by atoms with Crippen molar-refractivity contribution in [3.63, 3.8) is 0 Å². The van der Waals surface area contributed by atoms with Crippen molar-refractivity contribution >= 4 is 62.8 Å². The van der Waals surface area contributed by atoms with Gasteiger partial charge >= 0.3 is 6.16 Å². The second-order valence-corrected chi connectivity index (χ2v) is 19.4. The van der Waals surface area contributed by atoms with Gasteiger partial charge in [-0.2, -0.15) is 13.0 Å². The molecule has 3 unspecified atom stereocenters. The molecule has 0 aliphatic carbocycles. The van der Waals surface area contributed by atoms with Crippen LogP contribution in [0.3, 0.4) is 0 Å². The molecule has 2 aliphatic heterocycles. The van der Waals surface area contributed by atoms with E-state index in [1.165, 1.54) is 32.2 Å². The zero-order valence-corrected chi connectivity index (χ0v) is 40.3. The highest BCUT2D eigenvalue weighted by Crippen LogP contribution is 2.45. The molecule has 20 nitrogen and oxygen atoms in total. The fraction of sp³-hybridized carbons (Fsp3) is 0.327. The first-order valence-corrected chi connectivity index (χ1v) is 23.5. The molecular weight excluding hydrogens is 929 g/mol. The molecule has 5 aromatic rings. The standard InChI is InChI=1S/C49H50N6O14S/c1-28(68-47(58)69-30-19-17-29(18-20-30)54(59)60)31-23-40(66-8)41(26-39(31)55(61)62)67-22-21-50-46(57)36(27-70(63,64)65)51-44-32(24-42-48(2,3)34-13-9-11-15-37(34)52(42)6)45(56)33(44)25-43-49(4,5)35-14-10-12-16-38(35)53(43)7/h9-20,23-26,28,36,42H,21-22,27H2,1-8H3,(H-,50,57,63,64,65)/p+1/b32-24-,33-25-,51-44?. The van der Waals surface area contributed by atoms with Crippen LogP contribution in [-0.4, -0.2) is 97.4 Å². The van der Waals surface area contributed by atoms with E-state index in [1.807, 2.05) is 85.9 Å². The summed E-state index contributed by atoms with van der Waals surface area (Å²) in [5.41, 5.74) is 2.46. The minimum absolute atomic E-state index is 0.0220. The Hall–Kier alpha value is -7.78. The Kier molecular flexibility index (Phi) is 13.8. The van der Waals surface area contributed by atoms with E-state index in [0.717, 1.165) is 46.4 Å². The summed E-state index contributed by atoms with van der Waals surface area (Å²) in [4.78, 5) is 69.4. The number of rotatable bonds is 16. The summed E-state index contributed by atoms with van der Waals surface area (Å²) in [5, 5.41) is 26.2. The molecule has 1 amide bonds. The Morgan fingerprint density at radius 1 is 0.957 bits per heavy atom. The number of carbonyl (C=O) groups is 2. The Bertz CT molecular complexity index is 3300. The number of methoxy groups -OCH3 is 1. The van der Waals surface area contributed by atoms with Crippen LogP contribution >= 0.6 is 0 Å². The number of hydrogen-bond donors (Lipinski definition) is 2. The maximum Gasteiger partial charge on any atom is 0.514 e. The Balaban J connectivity index is 1.16. The molecular formula is C49H51N6O14S+. The van der Waals surface area contributed by atoms with Gasteiger partial charge in [-0.1, -0.05) is 50.2 Å². The van der Waals surface area contributed by atoms with Crippen LogP contribution in [-0.2, 0) is 30.5 Å². The predicted molar refractivity (Wildman–Crippen MR) is 258 cm³/mol. The first-order valence-electron chi connectivity index (χ1n) is 21.9. The lowest BCUT2D eigenvalue weighted by molar-refractivity contribution is -0.400. The predicted octanol–water partition coefficient (Wildman–Crippen LogP) is 4.44. The first-order chi connectivity index (χ1) is 32.9. The SMILES string of the molecule is COc1cc(C(C)OC(=O)Oc2ccc([N+](=O)[O-])cc2)c([N+](=O)[O-])cc1OCCNC(=O)C(CS(=O)(=O)O)N=c1/c(=C/C2=[N+](C)c3ccccc3C2(C)C)c(=O)/c1=C\C1N(C)c2ccccc2C1(C)C. The summed E-state index contributed by atoms with van der Waals surface area (Å²) in [6.45, 7) is 8.86. The van der Waals surface area contributed by atoms with Gasteiger partial charge in [0.15, 0.2) is 22.6 Å². The molecule has 21 heteroatoms. The van der Waals surface area contributed by atoms with Crippen LogP contribution in [0.5, 0.6) is 17.2 Å². The molecule has 0 spiro atoms. The highest BCUT2D eigenvalue weighted by molar-refractivity contribution is 7.85. The lowest BCUT2D eigenvalue weighted by Crippen LogP contribution is -2.67. The third-order valence-electron chi connectivity index (χ3n) is 12.8. The van der Waals surface area contributed by atoms with Crippen molar-refractivity contribution in [1.82, 2.24) is 5.32 Å². The van der Waals surface area contributed by atoms with Gasteiger partial charge in [0.1, 0.15) is 37.3 Å². The molecule has 366 valence electrons. The molecule has 5 aromatic carbocycles. The van der Waals surface area contributed by atoms with E-state index in [2.05, 4.69) is 24.2 Å². The van der Waals surface area contributed by atoms with Crippen LogP contribution in [0.1, 0.15) is 57.4 Å². The van der Waals surface area contributed by atoms with E-state index in [-0.39, 0.29) is 68.9 Å². The van der Waals surface area contributed by atoms with Gasteiger partial charge in [0.05, 0.1) is 57.2 Å². The van der Waals surface area contributed by atoms with Gasteiger partial charge in [0.25, 0.3) is 21.5 Å². The van der Waals surface area contributed by atoms with Crippen LogP contribution < -0.4 is 45.7 Å². The van der Waals surface area contributed by atoms with Crippen LogP contribution in [0.25, 0.3) is 12.2 Å². The summed E-state index contributed by atoms with van der Waals surface area (Å²) in [6.07, 6.45) is 0.980. The number of hydrogen-bond acceptors (Lipinski definition) is 15. The van der Waals surface area contributed by atoms with Gasteiger partial charge in [-0.25, -0.2) is 4.79 Å². The van der Waals surface area contributed by atoms with Gasteiger partial charge in [-0.15, -0.1) is 0 Å². The minimum atomic E-state index is -4.84. The summed E-state index contributed by atoms with van der Waals surface area (Å²) in [7, 11) is 0.213. The van der Waals surface area contributed by atoms with Gasteiger partial charge in [0.2, 0.25) is 11.6 Å². The van der Waals surface area contributed by atoms with E-state index >= 15 is 0 Å². The number of non-ortho nitro benzene ring substituents is 1. The summed E-state index contributed by atoms with van der Waals surface area (Å²) in [6, 6.07) is 20.4. The average Bonchev–Trinajstić information content (AvgIpc) is 3.62. The molecule has 0 bridgehead atoms. The van der Waals surface area contributed by atoms with Gasteiger partial charge < -0.3 is 29.2 Å². The minimum Gasteiger partial charge on any atom is -0.493 e. The van der Waals surface area contributed by atoms with Crippen molar-refractivity contribution in [2.24, 2.45) is 4.99 Å². The van der Waals surface area contributed by atoms with Crippen LogP contribution in [0.4, 0.5) is 27.5 Å². The highest BCUT2D eigenvalue weighted by atomic mass is 32.2. The van der Waals surface area contributed by atoms with Crippen LogP contribution in [0.15, 0.2) is 94.7 Å². The second-order valence-electron chi connectivity index (χ2n) is 17.9. The maximum atomic E-state index is 14.4. The third-order valence-corrected chi connectivity index (χ3v) is 13.5. The quantitative estimate of drug-likeness (QED) is 0.0264. The fourth-order valence-electron chi connectivity index (χ4n) is 9.13. The monoisotopic (exact) mass is 979 g/mol. The summed E-state index contributed by atoms with van der Waals surface area (Å²) < 4.78 is 58.6. The van der Waals surface area contributed by atoms with E-state index in [0.29, 0.717) is 0 Å². The van der Waals surface area contributed by atoms with E-state index < -0.39 is 66.4 Å². The van der Waals surface area contributed by atoms with Crippen molar-refractivity contribution in [2.45, 2.75) is 63.6 Å². The molecule has 2 N–H and O–H groups in total. The van der Waals surface area contributed by atoms with Crippen molar-refractivity contribution in [3.05, 3.63) is 148 Å². The normalized spacial score (nSPS) is 17.5. The molecule has 0 radical (unpaired) electrons. The Morgan fingerprint density at radius 3 is 2.23 bits per heavy atom. The number of carbonyl (C=O) groups excluding carboxylic acids is 2. The molecule has 2 heterocycles. The molecule has 0 fully saturated rings. The zero-order chi connectivity index (χ0) is 51.0. The summed E-state index contributed by atoms with van der Waals surface area (Å²) >= 11 is 0. The number of nitro benzene ring substituents is 2. The van der Waals surface area contributed by atoms with Crippen molar-refractivity contribution in [1.29, 1.82) is 0 Å². The molecule has 0 aromatic heterocycles. The largest absolute Gasteiger partial charge is 0.514 e. The number of nitrogens with one attached hydrogen (secondary N) is 1. The van der Waals surface area contributed by atoms with Crippen molar-refractivity contribution in [3.8, 4) is 17.2 Å². The molecule has 2 aliphatic rings. The number of fused-ring (bicyclic) bond motifs is 2. The molecule has 3 atom stereocenters. The van der Waals surface area contributed by atoms with Gasteiger partial charge in [0, 0.05) is 53.2 Å². The number of ether oxygens (including phenoxy) is 4. The number of amides is 1. The smallest absolute Gasteiger partial charge is 0.493 e. The van der Waals surface area contributed by atoms with Crippen molar-refractivity contribution in [2.75, 3.05) is 45.0 Å². The second kappa shape index (κ2) is 19.3. The lowest BCUT2D eigenvalue weighted by atomic mass is 9.79. The van der Waals surface area contributed by atoms with Crippen LogP contribution in [0, 0.1) is 20.2 Å². The van der Waals surface area contributed by atoms with E-state index in [4.69, 9.17) is 18.9 Å². The number of para-hydroxylation sites is 2.